The van der Waals surface area contributed by atoms with Gasteiger partial charge in [-0.05, 0) is 44.4 Å². The molecule has 1 fully saturated rings. The third-order valence-electron chi connectivity index (χ3n) is 6.17. The van der Waals surface area contributed by atoms with Crippen LogP contribution in [0.15, 0.2) is 36.5 Å². The maximum atomic E-state index is 6.29. The van der Waals surface area contributed by atoms with Crippen LogP contribution in [0.5, 0.6) is 5.88 Å². The number of nitrogens with zero attached hydrogens (tertiary/aromatic N) is 5. The molecule has 3 heterocycles. The summed E-state index contributed by atoms with van der Waals surface area (Å²) >= 11 is 1.67. The van der Waals surface area contributed by atoms with Crippen molar-refractivity contribution in [2.75, 3.05) is 0 Å². The Hall–Kier alpha value is -2.80. The van der Waals surface area contributed by atoms with E-state index in [0.29, 0.717) is 18.4 Å². The lowest BCUT2D eigenvalue weighted by Gasteiger charge is -2.38. The number of thiazole rings is 1. The van der Waals surface area contributed by atoms with Crippen LogP contribution < -0.4 is 4.74 Å². The summed E-state index contributed by atoms with van der Waals surface area (Å²) in [5.41, 5.74) is 4.48. The zero-order chi connectivity index (χ0) is 19.4. The van der Waals surface area contributed by atoms with Crippen LogP contribution in [-0.4, -0.2) is 24.8 Å². The highest BCUT2D eigenvalue weighted by Crippen LogP contribution is 2.53. The first-order valence-electron chi connectivity index (χ1n) is 10.2. The van der Waals surface area contributed by atoms with E-state index in [-0.39, 0.29) is 0 Å². The smallest absolute Gasteiger partial charge is 0.236 e. The molecule has 1 saturated carbocycles. The highest BCUT2D eigenvalue weighted by molar-refractivity contribution is 7.11. The van der Waals surface area contributed by atoms with Crippen LogP contribution in [0.1, 0.15) is 58.5 Å². The molecule has 29 heavy (non-hydrogen) atoms. The number of aromatic nitrogens is 5. The van der Waals surface area contributed by atoms with Crippen molar-refractivity contribution in [2.24, 2.45) is 0 Å². The van der Waals surface area contributed by atoms with Crippen molar-refractivity contribution in [2.45, 2.75) is 51.0 Å². The van der Waals surface area contributed by atoms with E-state index in [1.807, 2.05) is 41.0 Å². The topological polar surface area (TPSA) is 65.2 Å². The molecule has 0 atom stereocenters. The van der Waals surface area contributed by atoms with E-state index in [1.165, 1.54) is 41.7 Å². The summed E-state index contributed by atoms with van der Waals surface area (Å²) in [6.45, 7) is 2.51. The monoisotopic (exact) mass is 403 g/mol. The number of hydrogen-bond acceptors (Lipinski definition) is 6. The predicted molar refractivity (Wildman–Crippen MR) is 111 cm³/mol. The van der Waals surface area contributed by atoms with Crippen LogP contribution in [0.2, 0.25) is 0 Å². The normalized spacial score (nSPS) is 20.2. The molecule has 7 heteroatoms. The molecule has 146 valence electrons. The molecular weight excluding hydrogens is 382 g/mol. The molecule has 0 N–H and O–H groups in total. The second kappa shape index (κ2) is 6.62. The van der Waals surface area contributed by atoms with Crippen molar-refractivity contribution in [3.63, 3.8) is 0 Å². The van der Waals surface area contributed by atoms with Crippen LogP contribution in [0, 0.1) is 6.92 Å². The van der Waals surface area contributed by atoms with Crippen LogP contribution in [0.4, 0.5) is 0 Å². The van der Waals surface area contributed by atoms with E-state index in [0.717, 1.165) is 27.9 Å². The van der Waals surface area contributed by atoms with E-state index >= 15 is 0 Å². The second-order valence-corrected chi connectivity index (χ2v) is 9.28. The Morgan fingerprint density at radius 2 is 1.79 bits per heavy atom. The fourth-order valence-corrected chi connectivity index (χ4v) is 5.56. The number of rotatable bonds is 4. The van der Waals surface area contributed by atoms with Crippen molar-refractivity contribution >= 4 is 17.0 Å². The minimum Gasteiger partial charge on any atom is -0.469 e. The number of fused-ring (bicyclic) bond motifs is 3. The van der Waals surface area contributed by atoms with Gasteiger partial charge < -0.3 is 4.74 Å². The molecule has 0 unspecified atom stereocenters. The summed E-state index contributed by atoms with van der Waals surface area (Å²) in [4.78, 5) is 5.64. The molecule has 0 radical (unpaired) electrons. The summed E-state index contributed by atoms with van der Waals surface area (Å²) in [7, 11) is 0. The summed E-state index contributed by atoms with van der Waals surface area (Å²) in [5, 5.41) is 15.0. The highest BCUT2D eigenvalue weighted by atomic mass is 32.1. The maximum absolute atomic E-state index is 6.29. The van der Waals surface area contributed by atoms with Crippen LogP contribution in [-0.2, 0) is 6.61 Å². The highest BCUT2D eigenvalue weighted by Gasteiger charge is 2.39. The molecule has 7 rings (SSSR count). The van der Waals surface area contributed by atoms with Gasteiger partial charge >= 0.3 is 0 Å². The minimum absolute atomic E-state index is 0.448. The predicted octanol–water partition coefficient (Wildman–Crippen LogP) is 4.89. The fraction of sp³-hybridized carbons (Fsp3) is 0.364. The molecule has 6 nitrogen and oxygen atoms in total. The zero-order valence-corrected chi connectivity index (χ0v) is 17.0. The molecule has 2 bridgehead atoms. The zero-order valence-electron chi connectivity index (χ0n) is 16.2. The van der Waals surface area contributed by atoms with E-state index < -0.39 is 0 Å². The Morgan fingerprint density at radius 3 is 2.52 bits per heavy atom. The van der Waals surface area contributed by atoms with Gasteiger partial charge in [-0.3, -0.25) is 0 Å². The summed E-state index contributed by atoms with van der Waals surface area (Å²) in [5.74, 6) is 2.53. The molecule has 1 aromatic carbocycles. The molecule has 3 aromatic heterocycles. The third kappa shape index (κ3) is 2.75. The molecule has 0 amide bonds. The van der Waals surface area contributed by atoms with Gasteiger partial charge in [-0.1, -0.05) is 30.3 Å². The number of hydrogen-bond donors (Lipinski definition) is 0. The molecule has 3 aliphatic carbocycles. The van der Waals surface area contributed by atoms with E-state index in [2.05, 4.69) is 22.1 Å². The summed E-state index contributed by atoms with van der Waals surface area (Å²) in [6.07, 6.45) is 6.75. The van der Waals surface area contributed by atoms with Crippen LogP contribution >= 0.6 is 11.3 Å². The van der Waals surface area contributed by atoms with Crippen LogP contribution in [0.25, 0.3) is 17.0 Å². The Labute approximate surface area is 172 Å². The number of aryl methyl sites for hydroxylation is 1. The Morgan fingerprint density at radius 1 is 1.03 bits per heavy atom. The van der Waals surface area contributed by atoms with Crippen molar-refractivity contribution in [3.05, 3.63) is 57.5 Å². The van der Waals surface area contributed by atoms with Gasteiger partial charge in [-0.2, -0.15) is 4.52 Å². The van der Waals surface area contributed by atoms with Gasteiger partial charge in [0.25, 0.3) is 0 Å². The van der Waals surface area contributed by atoms with Crippen LogP contribution in [0.3, 0.4) is 0 Å². The van der Waals surface area contributed by atoms with E-state index in [9.17, 15) is 0 Å². The minimum atomic E-state index is 0.448. The average Bonchev–Trinajstić information content (AvgIpc) is 3.39. The lowest BCUT2D eigenvalue weighted by atomic mass is 9.67. The first kappa shape index (κ1) is 17.1. The number of ether oxygens (including phenoxy) is 1. The molecule has 0 saturated heterocycles. The lowest BCUT2D eigenvalue weighted by Crippen LogP contribution is -2.25. The van der Waals surface area contributed by atoms with Gasteiger partial charge in [0, 0.05) is 27.8 Å². The quantitative estimate of drug-likeness (QED) is 0.485. The fourth-order valence-electron chi connectivity index (χ4n) is 4.86. The molecule has 0 aliphatic heterocycles. The first-order chi connectivity index (χ1) is 14.3. The summed E-state index contributed by atoms with van der Waals surface area (Å²) in [6, 6.07) is 10.1. The Kier molecular flexibility index (Phi) is 3.90. The third-order valence-corrected chi connectivity index (χ3v) is 7.06. The van der Waals surface area contributed by atoms with Gasteiger partial charge in [0.15, 0.2) is 11.5 Å². The van der Waals surface area contributed by atoms with Gasteiger partial charge in [0.2, 0.25) is 5.88 Å². The van der Waals surface area contributed by atoms with E-state index in [1.54, 1.807) is 11.3 Å². The first-order valence-corrected chi connectivity index (χ1v) is 11.0. The standard InChI is InChI=1S/C22H21N5OS/c1-13-11-23-17(29-13)12-28-22-19-15-9-7-14(8-10-15)18(19)21-25-24-20(27(21)26-22)16-5-3-2-4-6-16/h2-6,11,14-15H,7-10,12H2,1H3. The van der Waals surface area contributed by atoms with Gasteiger partial charge in [-0.15, -0.1) is 26.6 Å². The summed E-state index contributed by atoms with van der Waals surface area (Å²) < 4.78 is 8.17. The maximum Gasteiger partial charge on any atom is 0.236 e. The SMILES string of the molecule is Cc1cnc(COc2nn3c(-c4ccccc4)nnc3c3c2C2CCC3CC2)s1. The lowest BCUT2D eigenvalue weighted by molar-refractivity contribution is 0.268. The molecule has 0 spiro atoms. The largest absolute Gasteiger partial charge is 0.469 e. The Bertz CT molecular complexity index is 1190. The molecule has 3 aliphatic rings. The van der Waals surface area contributed by atoms with Gasteiger partial charge in [0.1, 0.15) is 11.6 Å². The van der Waals surface area contributed by atoms with Gasteiger partial charge in [-0.25, -0.2) is 4.98 Å². The average molecular weight is 404 g/mol. The Balaban J connectivity index is 1.51. The van der Waals surface area contributed by atoms with Crippen molar-refractivity contribution in [3.8, 4) is 17.3 Å². The van der Waals surface area contributed by atoms with Gasteiger partial charge in [0.05, 0.1) is 0 Å². The molecular formula is C22H21N5OS. The van der Waals surface area contributed by atoms with Crippen molar-refractivity contribution in [1.82, 2.24) is 24.8 Å². The van der Waals surface area contributed by atoms with E-state index in [4.69, 9.17) is 9.84 Å². The number of benzene rings is 1. The second-order valence-electron chi connectivity index (χ2n) is 7.96. The van der Waals surface area contributed by atoms with Crippen molar-refractivity contribution in [1.29, 1.82) is 0 Å². The molecule has 4 aromatic rings. The van der Waals surface area contributed by atoms with Crippen molar-refractivity contribution < 1.29 is 4.74 Å².